The summed E-state index contributed by atoms with van der Waals surface area (Å²) in [5.74, 6) is -0.741. The fraction of sp³-hybridized carbons (Fsp3) is 0.167. The Morgan fingerprint density at radius 2 is 1.92 bits per heavy atom. The number of nitrogens with zero attached hydrogens (tertiary/aromatic N) is 2. The Bertz CT molecular complexity index is 913. The SMILES string of the molecule is O=S(=O)(c1ccccc1F)N(CCc1cccs1)Cc1cccnc1. The molecule has 2 aromatic heterocycles. The number of hydrogen-bond acceptors (Lipinski definition) is 4. The third kappa shape index (κ3) is 4.31. The lowest BCUT2D eigenvalue weighted by atomic mass is 10.3. The summed E-state index contributed by atoms with van der Waals surface area (Å²) in [5.41, 5.74) is 0.758. The van der Waals surface area contributed by atoms with Crippen molar-refractivity contribution in [2.45, 2.75) is 17.9 Å². The third-order valence-corrected chi connectivity index (χ3v) is 6.54. The molecule has 7 heteroatoms. The van der Waals surface area contributed by atoms with Gasteiger partial charge in [-0.15, -0.1) is 11.3 Å². The third-order valence-electron chi connectivity index (χ3n) is 3.72. The van der Waals surface area contributed by atoms with E-state index in [1.54, 1.807) is 29.8 Å². The van der Waals surface area contributed by atoms with Gasteiger partial charge in [0.1, 0.15) is 10.7 Å². The van der Waals surface area contributed by atoms with E-state index >= 15 is 0 Å². The molecule has 0 bridgehead atoms. The maximum atomic E-state index is 14.1. The summed E-state index contributed by atoms with van der Waals surface area (Å²) in [6, 6.07) is 12.9. The van der Waals surface area contributed by atoms with E-state index in [0.29, 0.717) is 6.42 Å². The summed E-state index contributed by atoms with van der Waals surface area (Å²) in [4.78, 5) is 4.81. The maximum Gasteiger partial charge on any atom is 0.246 e. The second kappa shape index (κ2) is 7.86. The second-order valence-electron chi connectivity index (χ2n) is 5.46. The van der Waals surface area contributed by atoms with Crippen molar-refractivity contribution in [3.8, 4) is 0 Å². The molecule has 3 rings (SSSR count). The van der Waals surface area contributed by atoms with Crippen LogP contribution in [0.15, 0.2) is 71.2 Å². The topological polar surface area (TPSA) is 50.3 Å². The summed E-state index contributed by atoms with van der Waals surface area (Å²) >= 11 is 1.57. The van der Waals surface area contributed by atoms with Gasteiger partial charge in [-0.1, -0.05) is 24.3 Å². The summed E-state index contributed by atoms with van der Waals surface area (Å²) in [5, 5.41) is 1.95. The first-order valence-electron chi connectivity index (χ1n) is 7.73. The molecule has 0 radical (unpaired) electrons. The number of thiophene rings is 1. The highest BCUT2D eigenvalue weighted by Gasteiger charge is 2.27. The molecular formula is C18H17FN2O2S2. The molecule has 0 saturated heterocycles. The Morgan fingerprint density at radius 1 is 1.08 bits per heavy atom. The van der Waals surface area contributed by atoms with Gasteiger partial charge in [-0.05, 0) is 41.6 Å². The summed E-state index contributed by atoms with van der Waals surface area (Å²) in [6.07, 6.45) is 3.82. The number of sulfonamides is 1. The zero-order valence-corrected chi connectivity index (χ0v) is 15.0. The number of hydrogen-bond donors (Lipinski definition) is 0. The van der Waals surface area contributed by atoms with Gasteiger partial charge in [0.2, 0.25) is 10.0 Å². The molecule has 0 saturated carbocycles. The van der Waals surface area contributed by atoms with Gasteiger partial charge in [0, 0.05) is 30.4 Å². The normalized spacial score (nSPS) is 11.8. The number of halogens is 1. The smallest absolute Gasteiger partial charge is 0.246 e. The first-order valence-corrected chi connectivity index (χ1v) is 10.1. The fourth-order valence-electron chi connectivity index (χ4n) is 2.46. The van der Waals surface area contributed by atoms with Crippen molar-refractivity contribution in [1.29, 1.82) is 0 Å². The highest BCUT2D eigenvalue weighted by atomic mass is 32.2. The Labute approximate surface area is 150 Å². The van der Waals surface area contributed by atoms with Crippen molar-refractivity contribution in [1.82, 2.24) is 9.29 Å². The molecule has 0 fully saturated rings. The summed E-state index contributed by atoms with van der Waals surface area (Å²) in [7, 11) is -3.95. The molecule has 4 nitrogen and oxygen atoms in total. The molecule has 0 amide bonds. The van der Waals surface area contributed by atoms with E-state index in [1.165, 1.54) is 22.5 Å². The Kier molecular flexibility index (Phi) is 5.57. The van der Waals surface area contributed by atoms with Crippen LogP contribution < -0.4 is 0 Å². The molecule has 0 N–H and O–H groups in total. The van der Waals surface area contributed by atoms with Crippen LogP contribution in [0.2, 0.25) is 0 Å². The number of benzene rings is 1. The predicted octanol–water partition coefficient (Wildman–Crippen LogP) is 3.72. The van der Waals surface area contributed by atoms with E-state index < -0.39 is 15.8 Å². The van der Waals surface area contributed by atoms with Crippen LogP contribution in [0.25, 0.3) is 0 Å². The zero-order chi connectivity index (χ0) is 17.7. The number of rotatable bonds is 7. The molecule has 0 aliphatic carbocycles. The molecule has 0 atom stereocenters. The number of pyridine rings is 1. The van der Waals surface area contributed by atoms with E-state index in [9.17, 15) is 12.8 Å². The molecule has 2 heterocycles. The van der Waals surface area contributed by atoms with E-state index in [4.69, 9.17) is 0 Å². The van der Waals surface area contributed by atoms with Crippen molar-refractivity contribution in [2.24, 2.45) is 0 Å². The number of aromatic nitrogens is 1. The average molecular weight is 376 g/mol. The van der Waals surface area contributed by atoms with Gasteiger partial charge in [0.25, 0.3) is 0 Å². The summed E-state index contributed by atoms with van der Waals surface area (Å²) < 4.78 is 41.4. The van der Waals surface area contributed by atoms with Crippen LogP contribution >= 0.6 is 11.3 Å². The molecule has 130 valence electrons. The van der Waals surface area contributed by atoms with Crippen LogP contribution in [0.4, 0.5) is 4.39 Å². The Hall–Kier alpha value is -2.09. The quantitative estimate of drug-likeness (QED) is 0.632. The van der Waals surface area contributed by atoms with E-state index in [0.717, 1.165) is 16.5 Å². The molecule has 0 unspecified atom stereocenters. The fourth-order valence-corrected chi connectivity index (χ4v) is 4.65. The van der Waals surface area contributed by atoms with Crippen molar-refractivity contribution >= 4 is 21.4 Å². The van der Waals surface area contributed by atoms with Crippen LogP contribution in [-0.4, -0.2) is 24.3 Å². The minimum atomic E-state index is -3.95. The average Bonchev–Trinajstić information content (AvgIpc) is 3.13. The van der Waals surface area contributed by atoms with E-state index in [1.807, 2.05) is 23.6 Å². The molecule has 0 aliphatic heterocycles. The van der Waals surface area contributed by atoms with Crippen LogP contribution in [-0.2, 0) is 23.0 Å². The van der Waals surface area contributed by atoms with Crippen molar-refractivity contribution < 1.29 is 12.8 Å². The van der Waals surface area contributed by atoms with Gasteiger partial charge in [-0.2, -0.15) is 4.31 Å². The first kappa shape index (κ1) is 17.7. The van der Waals surface area contributed by atoms with Crippen LogP contribution in [0, 0.1) is 5.82 Å². The van der Waals surface area contributed by atoms with Gasteiger partial charge in [0.15, 0.2) is 0 Å². The Morgan fingerprint density at radius 3 is 2.60 bits per heavy atom. The minimum Gasteiger partial charge on any atom is -0.264 e. The summed E-state index contributed by atoms with van der Waals surface area (Å²) in [6.45, 7) is 0.419. The highest BCUT2D eigenvalue weighted by molar-refractivity contribution is 7.89. The van der Waals surface area contributed by atoms with Gasteiger partial charge in [-0.25, -0.2) is 12.8 Å². The lowest BCUT2D eigenvalue weighted by molar-refractivity contribution is 0.406. The van der Waals surface area contributed by atoms with Crippen molar-refractivity contribution in [2.75, 3.05) is 6.54 Å². The molecular weight excluding hydrogens is 359 g/mol. The molecule has 25 heavy (non-hydrogen) atoms. The van der Waals surface area contributed by atoms with E-state index in [-0.39, 0.29) is 18.0 Å². The zero-order valence-electron chi connectivity index (χ0n) is 13.4. The molecule has 3 aromatic rings. The predicted molar refractivity (Wildman–Crippen MR) is 96.3 cm³/mol. The maximum absolute atomic E-state index is 14.1. The van der Waals surface area contributed by atoms with Gasteiger partial charge >= 0.3 is 0 Å². The Balaban J connectivity index is 1.90. The molecule has 0 spiro atoms. The van der Waals surface area contributed by atoms with Crippen molar-refractivity contribution in [3.05, 3.63) is 82.6 Å². The van der Waals surface area contributed by atoms with Crippen LogP contribution in [0.5, 0.6) is 0 Å². The lowest BCUT2D eigenvalue weighted by Gasteiger charge is -2.22. The van der Waals surface area contributed by atoms with Crippen LogP contribution in [0.3, 0.4) is 0 Å². The first-order chi connectivity index (χ1) is 12.1. The largest absolute Gasteiger partial charge is 0.264 e. The van der Waals surface area contributed by atoms with Gasteiger partial charge in [0.05, 0.1) is 0 Å². The highest BCUT2D eigenvalue weighted by Crippen LogP contribution is 2.22. The van der Waals surface area contributed by atoms with Crippen LogP contribution in [0.1, 0.15) is 10.4 Å². The van der Waals surface area contributed by atoms with Gasteiger partial charge in [-0.3, -0.25) is 4.98 Å². The van der Waals surface area contributed by atoms with Crippen molar-refractivity contribution in [3.63, 3.8) is 0 Å². The minimum absolute atomic E-state index is 0.149. The lowest BCUT2D eigenvalue weighted by Crippen LogP contribution is -2.33. The molecule has 1 aromatic carbocycles. The molecule has 0 aliphatic rings. The monoisotopic (exact) mass is 376 g/mol. The van der Waals surface area contributed by atoms with Gasteiger partial charge < -0.3 is 0 Å². The second-order valence-corrected chi connectivity index (χ2v) is 8.40. The van der Waals surface area contributed by atoms with E-state index in [2.05, 4.69) is 4.98 Å². The standard InChI is InChI=1S/C18H17FN2O2S2/c19-17-7-1-2-8-18(17)25(22,23)21(11-9-16-6-4-12-24-16)14-15-5-3-10-20-13-15/h1-8,10,12-13H,9,11,14H2.